The van der Waals surface area contributed by atoms with Gasteiger partial charge in [0.05, 0.1) is 24.9 Å². The third kappa shape index (κ3) is 6.06. The van der Waals surface area contributed by atoms with Gasteiger partial charge in [-0.1, -0.05) is 30.0 Å². The number of methoxy groups -OCH3 is 2. The van der Waals surface area contributed by atoms with Gasteiger partial charge in [0.1, 0.15) is 17.0 Å². The van der Waals surface area contributed by atoms with Gasteiger partial charge >= 0.3 is 0 Å². The first-order chi connectivity index (χ1) is 16.9. The Hall–Kier alpha value is -3.70. The third-order valence-corrected chi connectivity index (χ3v) is 7.19. The Balaban J connectivity index is 1.38. The van der Waals surface area contributed by atoms with E-state index in [1.807, 2.05) is 24.3 Å². The van der Waals surface area contributed by atoms with Gasteiger partial charge in [0.15, 0.2) is 5.58 Å². The Morgan fingerprint density at radius 2 is 1.80 bits per heavy atom. The molecule has 0 fully saturated rings. The molecule has 1 aromatic heterocycles. The van der Waals surface area contributed by atoms with Crippen molar-refractivity contribution in [3.05, 3.63) is 72.3 Å². The van der Waals surface area contributed by atoms with Crippen LogP contribution >= 0.6 is 11.8 Å². The molecular formula is C24H23N3O6S2. The van der Waals surface area contributed by atoms with E-state index in [1.54, 1.807) is 31.4 Å². The summed E-state index contributed by atoms with van der Waals surface area (Å²) in [6.45, 7) is 0.333. The van der Waals surface area contributed by atoms with E-state index >= 15 is 0 Å². The Kier molecular flexibility index (Phi) is 7.47. The largest absolute Gasteiger partial charge is 0.497 e. The lowest BCUT2D eigenvalue weighted by Gasteiger charge is -2.08. The van der Waals surface area contributed by atoms with Crippen LogP contribution in [0.1, 0.15) is 5.56 Å². The van der Waals surface area contributed by atoms with Crippen LogP contribution in [-0.2, 0) is 21.4 Å². The molecule has 11 heteroatoms. The quantitative estimate of drug-likeness (QED) is 0.305. The van der Waals surface area contributed by atoms with Gasteiger partial charge in [-0.25, -0.2) is 13.4 Å². The average Bonchev–Trinajstić information content (AvgIpc) is 3.29. The summed E-state index contributed by atoms with van der Waals surface area (Å²) < 4.78 is 44.1. The highest BCUT2D eigenvalue weighted by molar-refractivity contribution is 7.99. The van der Waals surface area contributed by atoms with E-state index < -0.39 is 10.0 Å². The van der Waals surface area contributed by atoms with Gasteiger partial charge in [0.25, 0.3) is 15.2 Å². The maximum Gasteiger partial charge on any atom is 0.261 e. The number of sulfonamides is 1. The number of amides is 1. The van der Waals surface area contributed by atoms with Crippen molar-refractivity contribution in [2.75, 3.05) is 24.7 Å². The normalized spacial score (nSPS) is 11.3. The standard InChI is InChI=1S/C24H23N3O6S2/c1-31-18-9-7-17(8-10-18)27-35(29,30)19-11-12-22-20(13-19)26-24(33-22)34-15-23(28)25-14-16-5-3-4-6-21(16)32-2/h3-13,27H,14-15H2,1-2H3,(H,25,28). The van der Waals surface area contributed by atoms with Crippen molar-refractivity contribution >= 4 is 44.5 Å². The molecule has 0 atom stereocenters. The maximum absolute atomic E-state index is 12.8. The second kappa shape index (κ2) is 10.7. The van der Waals surface area contributed by atoms with Crippen LogP contribution in [0.2, 0.25) is 0 Å². The molecule has 9 nitrogen and oxygen atoms in total. The van der Waals surface area contributed by atoms with Crippen LogP contribution in [0.3, 0.4) is 0 Å². The summed E-state index contributed by atoms with van der Waals surface area (Å²) in [5.41, 5.74) is 2.07. The minimum atomic E-state index is -3.83. The molecule has 0 aliphatic heterocycles. The number of oxazole rings is 1. The molecule has 0 bridgehead atoms. The molecule has 0 unspecified atom stereocenters. The van der Waals surface area contributed by atoms with Crippen LogP contribution in [0.5, 0.6) is 11.5 Å². The first kappa shape index (κ1) is 24.4. The molecule has 0 radical (unpaired) electrons. The Morgan fingerprint density at radius 3 is 2.54 bits per heavy atom. The van der Waals surface area contributed by atoms with Crippen LogP contribution in [0.15, 0.2) is 81.3 Å². The maximum atomic E-state index is 12.8. The zero-order valence-electron chi connectivity index (χ0n) is 19.0. The Labute approximate surface area is 206 Å². The number of ether oxygens (including phenoxy) is 2. The fraction of sp³-hybridized carbons (Fsp3) is 0.167. The topological polar surface area (TPSA) is 120 Å². The van der Waals surface area contributed by atoms with Gasteiger partial charge < -0.3 is 19.2 Å². The summed E-state index contributed by atoms with van der Waals surface area (Å²) >= 11 is 1.12. The molecule has 35 heavy (non-hydrogen) atoms. The molecule has 4 rings (SSSR count). The third-order valence-electron chi connectivity index (χ3n) is 4.99. The van der Waals surface area contributed by atoms with E-state index in [0.717, 1.165) is 17.3 Å². The van der Waals surface area contributed by atoms with Crippen molar-refractivity contribution in [3.8, 4) is 11.5 Å². The number of hydrogen-bond donors (Lipinski definition) is 2. The number of carbonyl (C=O) groups is 1. The molecule has 0 saturated heterocycles. The summed E-state index contributed by atoms with van der Waals surface area (Å²) in [7, 11) is -0.720. The molecule has 1 heterocycles. The molecule has 2 N–H and O–H groups in total. The van der Waals surface area contributed by atoms with Gasteiger partial charge in [0.2, 0.25) is 5.91 Å². The molecular weight excluding hydrogens is 490 g/mol. The molecule has 0 aliphatic rings. The Morgan fingerprint density at radius 1 is 1.03 bits per heavy atom. The van der Waals surface area contributed by atoms with Gasteiger partial charge in [-0.15, -0.1) is 0 Å². The lowest BCUT2D eigenvalue weighted by Crippen LogP contribution is -2.24. The van der Waals surface area contributed by atoms with Crippen LogP contribution < -0.4 is 19.5 Å². The lowest BCUT2D eigenvalue weighted by atomic mass is 10.2. The minimum absolute atomic E-state index is 0.0419. The smallest absolute Gasteiger partial charge is 0.261 e. The van der Waals surface area contributed by atoms with Crippen LogP contribution in [0.25, 0.3) is 11.1 Å². The molecule has 4 aromatic rings. The zero-order valence-corrected chi connectivity index (χ0v) is 20.6. The number of rotatable bonds is 10. The summed E-state index contributed by atoms with van der Waals surface area (Å²) in [5, 5.41) is 3.10. The summed E-state index contributed by atoms with van der Waals surface area (Å²) in [5.74, 6) is 1.21. The van der Waals surface area contributed by atoms with E-state index in [4.69, 9.17) is 13.9 Å². The van der Waals surface area contributed by atoms with Gasteiger partial charge in [-0.05, 0) is 48.5 Å². The van der Waals surface area contributed by atoms with Crippen LogP contribution in [0, 0.1) is 0 Å². The van der Waals surface area contributed by atoms with Crippen molar-refractivity contribution in [1.29, 1.82) is 0 Å². The fourth-order valence-electron chi connectivity index (χ4n) is 3.21. The van der Waals surface area contributed by atoms with E-state index in [1.165, 1.54) is 25.3 Å². The summed E-state index contributed by atoms with van der Waals surface area (Å²) in [6, 6.07) is 18.4. The monoisotopic (exact) mass is 513 g/mol. The second-order valence-electron chi connectivity index (χ2n) is 7.32. The Bertz CT molecular complexity index is 1440. The molecule has 0 aliphatic carbocycles. The first-order valence-corrected chi connectivity index (χ1v) is 12.9. The number of nitrogens with zero attached hydrogens (tertiary/aromatic N) is 1. The van der Waals surface area contributed by atoms with Gasteiger partial charge in [-0.2, -0.15) is 0 Å². The highest BCUT2D eigenvalue weighted by atomic mass is 32.2. The highest BCUT2D eigenvalue weighted by Crippen LogP contribution is 2.27. The van der Waals surface area contributed by atoms with E-state index in [9.17, 15) is 13.2 Å². The van der Waals surface area contributed by atoms with Crippen molar-refractivity contribution in [2.45, 2.75) is 16.7 Å². The fourth-order valence-corrected chi connectivity index (χ4v) is 4.96. The number of thioether (sulfide) groups is 1. The summed E-state index contributed by atoms with van der Waals surface area (Å²) in [6.07, 6.45) is 0. The van der Waals surface area contributed by atoms with E-state index in [0.29, 0.717) is 34.8 Å². The number of fused-ring (bicyclic) bond motifs is 1. The molecule has 182 valence electrons. The average molecular weight is 514 g/mol. The number of hydrogen-bond acceptors (Lipinski definition) is 8. The number of nitrogens with one attached hydrogen (secondary N) is 2. The first-order valence-electron chi connectivity index (χ1n) is 10.5. The number of aromatic nitrogens is 1. The second-order valence-corrected chi connectivity index (χ2v) is 9.93. The highest BCUT2D eigenvalue weighted by Gasteiger charge is 2.17. The van der Waals surface area contributed by atoms with Crippen LogP contribution in [-0.4, -0.2) is 39.3 Å². The van der Waals surface area contributed by atoms with Crippen molar-refractivity contribution in [3.63, 3.8) is 0 Å². The van der Waals surface area contributed by atoms with E-state index in [-0.39, 0.29) is 21.8 Å². The predicted octanol–water partition coefficient (Wildman–Crippen LogP) is 4.05. The predicted molar refractivity (Wildman–Crippen MR) is 133 cm³/mol. The molecule has 0 saturated carbocycles. The lowest BCUT2D eigenvalue weighted by molar-refractivity contribution is -0.118. The van der Waals surface area contributed by atoms with Gasteiger partial charge in [0, 0.05) is 17.8 Å². The SMILES string of the molecule is COc1ccc(NS(=O)(=O)c2ccc3oc(SCC(=O)NCc4ccccc4OC)nc3c2)cc1. The van der Waals surface area contributed by atoms with E-state index in [2.05, 4.69) is 15.0 Å². The number of benzene rings is 3. The van der Waals surface area contributed by atoms with Crippen molar-refractivity contribution in [1.82, 2.24) is 10.3 Å². The molecule has 0 spiro atoms. The van der Waals surface area contributed by atoms with Crippen molar-refractivity contribution < 1.29 is 27.1 Å². The number of para-hydroxylation sites is 1. The summed E-state index contributed by atoms with van der Waals surface area (Å²) in [4.78, 5) is 16.6. The molecule has 1 amide bonds. The minimum Gasteiger partial charge on any atom is -0.497 e. The zero-order chi connectivity index (χ0) is 24.8. The number of anilines is 1. The van der Waals surface area contributed by atoms with Gasteiger partial charge in [-0.3, -0.25) is 9.52 Å². The van der Waals surface area contributed by atoms with Crippen LogP contribution in [0.4, 0.5) is 5.69 Å². The van der Waals surface area contributed by atoms with Crippen molar-refractivity contribution in [2.24, 2.45) is 0 Å². The number of carbonyl (C=O) groups excluding carboxylic acids is 1. The molecule has 3 aromatic carbocycles.